The van der Waals surface area contributed by atoms with Crippen molar-refractivity contribution in [3.63, 3.8) is 0 Å². The monoisotopic (exact) mass is 287 g/mol. The van der Waals surface area contributed by atoms with Crippen LogP contribution < -0.4 is 5.32 Å². The summed E-state index contributed by atoms with van der Waals surface area (Å²) in [6, 6.07) is 10.1. The lowest BCUT2D eigenvalue weighted by Crippen LogP contribution is -2.07. The van der Waals surface area contributed by atoms with Crippen molar-refractivity contribution in [1.82, 2.24) is 10.2 Å². The van der Waals surface area contributed by atoms with Crippen molar-refractivity contribution in [3.8, 4) is 0 Å². The molecule has 2 aromatic rings. The van der Waals surface area contributed by atoms with Crippen LogP contribution in [-0.4, -0.2) is 16.1 Å². The maximum atomic E-state index is 10.9. The van der Waals surface area contributed by atoms with Crippen LogP contribution >= 0.6 is 11.8 Å². The Morgan fingerprint density at radius 1 is 1.20 bits per heavy atom. The van der Waals surface area contributed by atoms with Gasteiger partial charge < -0.3 is 5.32 Å². The summed E-state index contributed by atoms with van der Waals surface area (Å²) in [6.07, 6.45) is 0. The molecule has 1 amide bonds. The first kappa shape index (κ1) is 14.5. The third kappa shape index (κ3) is 4.06. The summed E-state index contributed by atoms with van der Waals surface area (Å²) in [5.41, 5.74) is 3.85. The third-order valence-corrected chi connectivity index (χ3v) is 3.79. The zero-order chi connectivity index (χ0) is 14.5. The summed E-state index contributed by atoms with van der Waals surface area (Å²) >= 11 is 1.64. The summed E-state index contributed by atoms with van der Waals surface area (Å²) in [5.74, 6) is 1.20. The zero-order valence-electron chi connectivity index (χ0n) is 11.8. The van der Waals surface area contributed by atoms with Gasteiger partial charge in [-0.1, -0.05) is 35.5 Å². The maximum Gasteiger partial charge on any atom is 0.222 e. The van der Waals surface area contributed by atoms with Crippen LogP contribution in [0, 0.1) is 13.8 Å². The van der Waals surface area contributed by atoms with Gasteiger partial charge in [-0.2, -0.15) is 0 Å². The lowest BCUT2D eigenvalue weighted by Gasteiger charge is -2.06. The number of hydrogen-bond acceptors (Lipinski definition) is 4. The van der Waals surface area contributed by atoms with Gasteiger partial charge in [-0.3, -0.25) is 4.79 Å². The Bertz CT molecular complexity index is 611. The highest BCUT2D eigenvalue weighted by molar-refractivity contribution is 7.98. The summed E-state index contributed by atoms with van der Waals surface area (Å²) in [5, 5.41) is 11.5. The minimum absolute atomic E-state index is 0.143. The Hall–Kier alpha value is -1.88. The second-order valence-corrected chi connectivity index (χ2v) is 5.65. The molecule has 5 heteroatoms. The number of carbonyl (C=O) groups excluding carboxylic acids is 1. The highest BCUT2D eigenvalue weighted by Crippen LogP contribution is 2.23. The molecule has 0 bridgehead atoms. The molecular weight excluding hydrogens is 270 g/mol. The number of aryl methyl sites for hydroxylation is 2. The molecule has 0 atom stereocenters. The molecular formula is C15H17N3OS. The Balaban J connectivity index is 2.00. The molecule has 0 unspecified atom stereocenters. The molecule has 0 aliphatic heterocycles. The number of rotatable bonds is 4. The lowest BCUT2D eigenvalue weighted by molar-refractivity contribution is -0.114. The molecule has 20 heavy (non-hydrogen) atoms. The van der Waals surface area contributed by atoms with E-state index in [0.29, 0.717) is 5.82 Å². The summed E-state index contributed by atoms with van der Waals surface area (Å²) in [6.45, 7) is 5.65. The fraction of sp³-hybridized carbons (Fsp3) is 0.267. The molecule has 0 radical (unpaired) electrons. The van der Waals surface area contributed by atoms with E-state index in [1.807, 2.05) is 6.07 Å². The summed E-state index contributed by atoms with van der Waals surface area (Å²) in [4.78, 5) is 10.9. The number of aromatic nitrogens is 2. The predicted octanol–water partition coefficient (Wildman–Crippen LogP) is 3.34. The van der Waals surface area contributed by atoms with Crippen LogP contribution in [0.1, 0.15) is 23.6 Å². The van der Waals surface area contributed by atoms with Crippen LogP contribution in [-0.2, 0) is 10.5 Å². The highest BCUT2D eigenvalue weighted by Gasteiger charge is 2.03. The topological polar surface area (TPSA) is 54.9 Å². The number of benzene rings is 1. The fourth-order valence-corrected chi connectivity index (χ4v) is 2.63. The van der Waals surface area contributed by atoms with Gasteiger partial charge in [0.2, 0.25) is 5.91 Å². The van der Waals surface area contributed by atoms with Crippen LogP contribution in [0.15, 0.2) is 35.4 Å². The molecule has 0 saturated heterocycles. The van der Waals surface area contributed by atoms with Crippen LogP contribution in [0.25, 0.3) is 0 Å². The third-order valence-electron chi connectivity index (χ3n) is 2.82. The molecule has 0 saturated carbocycles. The van der Waals surface area contributed by atoms with Crippen LogP contribution in [0.3, 0.4) is 0 Å². The normalized spacial score (nSPS) is 10.3. The van der Waals surface area contributed by atoms with Gasteiger partial charge in [-0.05, 0) is 37.1 Å². The lowest BCUT2D eigenvalue weighted by atomic mass is 10.1. The number of carbonyl (C=O) groups is 1. The fourth-order valence-electron chi connectivity index (χ4n) is 1.75. The Kier molecular flexibility index (Phi) is 4.74. The molecule has 0 spiro atoms. The Labute approximate surface area is 123 Å². The number of thioether (sulfide) groups is 1. The molecule has 1 N–H and O–H groups in total. The van der Waals surface area contributed by atoms with E-state index in [1.165, 1.54) is 23.6 Å². The summed E-state index contributed by atoms with van der Waals surface area (Å²) in [7, 11) is 0. The van der Waals surface area contributed by atoms with Crippen molar-refractivity contribution in [2.24, 2.45) is 0 Å². The van der Waals surface area contributed by atoms with Crippen molar-refractivity contribution in [2.45, 2.75) is 31.6 Å². The van der Waals surface area contributed by atoms with E-state index in [9.17, 15) is 4.79 Å². The second-order valence-electron chi connectivity index (χ2n) is 4.66. The number of hydrogen-bond donors (Lipinski definition) is 1. The minimum Gasteiger partial charge on any atom is -0.309 e. The standard InChI is InChI=1S/C15H17N3OS/c1-10-4-5-11(2)13(8-10)9-20-15-7-6-14(17-18-15)16-12(3)19/h4-8H,9H2,1-3H3,(H,16,17,19). The van der Waals surface area contributed by atoms with Gasteiger partial charge >= 0.3 is 0 Å². The van der Waals surface area contributed by atoms with Crippen LogP contribution in [0.4, 0.5) is 5.82 Å². The molecule has 1 aromatic heterocycles. The van der Waals surface area contributed by atoms with Crippen LogP contribution in [0.2, 0.25) is 0 Å². The first-order chi connectivity index (χ1) is 9.54. The molecule has 2 rings (SSSR count). The minimum atomic E-state index is -0.143. The number of amides is 1. The quantitative estimate of drug-likeness (QED) is 0.876. The van der Waals surface area contributed by atoms with E-state index < -0.39 is 0 Å². The number of nitrogens with one attached hydrogen (secondary N) is 1. The average Bonchev–Trinajstić information content (AvgIpc) is 2.41. The van der Waals surface area contributed by atoms with Crippen molar-refractivity contribution < 1.29 is 4.79 Å². The summed E-state index contributed by atoms with van der Waals surface area (Å²) < 4.78 is 0. The highest BCUT2D eigenvalue weighted by atomic mass is 32.2. The van der Waals surface area contributed by atoms with E-state index in [2.05, 4.69) is 47.6 Å². The van der Waals surface area contributed by atoms with Gasteiger partial charge in [0.15, 0.2) is 5.82 Å². The molecule has 1 heterocycles. The maximum absolute atomic E-state index is 10.9. The number of anilines is 1. The predicted molar refractivity (Wildman–Crippen MR) is 81.8 cm³/mol. The zero-order valence-corrected chi connectivity index (χ0v) is 12.6. The first-order valence-electron chi connectivity index (χ1n) is 6.35. The molecule has 0 fully saturated rings. The van der Waals surface area contributed by atoms with Crippen LogP contribution in [0.5, 0.6) is 0 Å². The number of nitrogens with zero attached hydrogens (tertiary/aromatic N) is 2. The second kappa shape index (κ2) is 6.52. The molecule has 0 aliphatic rings. The largest absolute Gasteiger partial charge is 0.309 e. The SMILES string of the molecule is CC(=O)Nc1ccc(SCc2cc(C)ccc2C)nn1. The van der Waals surface area contributed by atoms with Gasteiger partial charge in [0.05, 0.1) is 0 Å². The van der Waals surface area contributed by atoms with E-state index in [4.69, 9.17) is 0 Å². The van der Waals surface area contributed by atoms with Crippen molar-refractivity contribution in [3.05, 3.63) is 47.0 Å². The Morgan fingerprint density at radius 2 is 2.00 bits per heavy atom. The van der Waals surface area contributed by atoms with Gasteiger partial charge in [0, 0.05) is 12.7 Å². The van der Waals surface area contributed by atoms with Gasteiger partial charge in [0.25, 0.3) is 0 Å². The van der Waals surface area contributed by atoms with Crippen molar-refractivity contribution >= 4 is 23.5 Å². The van der Waals surface area contributed by atoms with E-state index in [1.54, 1.807) is 17.8 Å². The molecule has 104 valence electrons. The first-order valence-corrected chi connectivity index (χ1v) is 7.33. The smallest absolute Gasteiger partial charge is 0.222 e. The van der Waals surface area contributed by atoms with E-state index in [-0.39, 0.29) is 5.91 Å². The van der Waals surface area contributed by atoms with Crippen molar-refractivity contribution in [2.75, 3.05) is 5.32 Å². The molecule has 0 aliphatic carbocycles. The van der Waals surface area contributed by atoms with E-state index in [0.717, 1.165) is 10.8 Å². The Morgan fingerprint density at radius 3 is 2.65 bits per heavy atom. The van der Waals surface area contributed by atoms with Crippen molar-refractivity contribution in [1.29, 1.82) is 0 Å². The van der Waals surface area contributed by atoms with Gasteiger partial charge in [-0.25, -0.2) is 0 Å². The van der Waals surface area contributed by atoms with Gasteiger partial charge in [0.1, 0.15) is 5.03 Å². The molecule has 1 aromatic carbocycles. The van der Waals surface area contributed by atoms with Gasteiger partial charge in [-0.15, -0.1) is 10.2 Å². The molecule has 4 nitrogen and oxygen atoms in total. The average molecular weight is 287 g/mol. The van der Waals surface area contributed by atoms with E-state index >= 15 is 0 Å².